The van der Waals surface area contributed by atoms with Crippen molar-refractivity contribution in [1.82, 2.24) is 9.97 Å². The van der Waals surface area contributed by atoms with E-state index in [0.717, 1.165) is 33.5 Å². The van der Waals surface area contributed by atoms with Gasteiger partial charge in [0, 0.05) is 51.7 Å². The van der Waals surface area contributed by atoms with E-state index < -0.39 is 11.0 Å². The maximum absolute atomic E-state index is 14.1. The molecule has 0 fully saturated rings. The molecule has 3 aliphatic carbocycles. The normalized spacial score (nSPS) is 22.3. The van der Waals surface area contributed by atoms with Crippen LogP contribution in [0, 0.1) is 15.5 Å². The molecule has 2 heterocycles. The van der Waals surface area contributed by atoms with Gasteiger partial charge in [0.1, 0.15) is 0 Å². The Balaban J connectivity index is 1.24. The van der Waals surface area contributed by atoms with E-state index >= 15 is 0 Å². The molecular weight excluding hydrogens is 520 g/mol. The SMILES string of the molecule is C[C@@]1(C(=O)Nc2nc(-c3cccc(-c4ccncc4)c3)cs2)CC2([N+](=O)[O-])c3ccccc3C1c1ccccc12. The number of pyridine rings is 1. The van der Waals surface area contributed by atoms with Crippen molar-refractivity contribution < 1.29 is 9.72 Å². The van der Waals surface area contributed by atoms with Gasteiger partial charge in [-0.3, -0.25) is 19.9 Å². The van der Waals surface area contributed by atoms with E-state index in [9.17, 15) is 14.9 Å². The first-order valence-corrected chi connectivity index (χ1v) is 13.9. The highest BCUT2D eigenvalue weighted by atomic mass is 32.1. The molecule has 7 nitrogen and oxygen atoms in total. The summed E-state index contributed by atoms with van der Waals surface area (Å²) in [4.78, 5) is 35.6. The summed E-state index contributed by atoms with van der Waals surface area (Å²) in [6.07, 6.45) is 3.59. The number of rotatable bonds is 5. The second-order valence-electron chi connectivity index (χ2n) is 10.6. The third-order valence-electron chi connectivity index (χ3n) is 8.42. The summed E-state index contributed by atoms with van der Waals surface area (Å²) in [5, 5.41) is 18.3. The van der Waals surface area contributed by atoms with Gasteiger partial charge in [0.05, 0.1) is 11.1 Å². The standard InChI is InChI=1S/C32H24N4O3S/c1-31(19-32(36(38)39)25-11-4-2-9-23(25)28(31)24-10-3-5-12-26(24)32)29(37)35-30-34-27(18-40-30)22-8-6-7-21(17-22)20-13-15-33-16-14-20/h2-18,28H,19H2,1H3,(H,34,35,37)/t28?,31-,32?/m1/s1. The Morgan fingerprint density at radius 1 is 0.925 bits per heavy atom. The van der Waals surface area contributed by atoms with Crippen LogP contribution in [0.4, 0.5) is 5.13 Å². The van der Waals surface area contributed by atoms with Crippen LogP contribution in [0.15, 0.2) is 103 Å². The van der Waals surface area contributed by atoms with Crippen LogP contribution < -0.4 is 5.32 Å². The van der Waals surface area contributed by atoms with Crippen LogP contribution in [-0.4, -0.2) is 20.8 Å². The summed E-state index contributed by atoms with van der Waals surface area (Å²) in [5.41, 5.74) is 4.29. The van der Waals surface area contributed by atoms with E-state index in [0.29, 0.717) is 16.3 Å². The van der Waals surface area contributed by atoms with E-state index in [1.54, 1.807) is 12.4 Å². The van der Waals surface area contributed by atoms with Crippen molar-refractivity contribution in [2.45, 2.75) is 24.8 Å². The second-order valence-corrected chi connectivity index (χ2v) is 11.5. The Morgan fingerprint density at radius 2 is 1.57 bits per heavy atom. The molecule has 0 spiro atoms. The van der Waals surface area contributed by atoms with Gasteiger partial charge >= 0.3 is 0 Å². The number of carbonyl (C=O) groups excluding carboxylic acids is 1. The lowest BCUT2D eigenvalue weighted by Crippen LogP contribution is -2.57. The zero-order chi connectivity index (χ0) is 27.5. The van der Waals surface area contributed by atoms with Crippen molar-refractivity contribution >= 4 is 22.4 Å². The molecule has 196 valence electrons. The van der Waals surface area contributed by atoms with E-state index in [4.69, 9.17) is 4.98 Å². The Morgan fingerprint density at radius 3 is 2.25 bits per heavy atom. The maximum atomic E-state index is 14.1. The lowest BCUT2D eigenvalue weighted by atomic mass is 9.49. The van der Waals surface area contributed by atoms with Crippen molar-refractivity contribution in [3.63, 3.8) is 0 Å². The van der Waals surface area contributed by atoms with Crippen LogP contribution in [0.2, 0.25) is 0 Å². The molecule has 1 atom stereocenters. The number of nitro groups is 1. The summed E-state index contributed by atoms with van der Waals surface area (Å²) < 4.78 is 0. The van der Waals surface area contributed by atoms with Gasteiger partial charge in [-0.05, 0) is 47.4 Å². The molecule has 2 bridgehead atoms. The first kappa shape index (κ1) is 24.4. The predicted molar refractivity (Wildman–Crippen MR) is 155 cm³/mol. The van der Waals surface area contributed by atoms with Crippen LogP contribution in [0.3, 0.4) is 0 Å². The molecule has 3 aliphatic rings. The quantitative estimate of drug-likeness (QED) is 0.192. The summed E-state index contributed by atoms with van der Waals surface area (Å²) in [5.74, 6) is -0.572. The van der Waals surface area contributed by atoms with Crippen molar-refractivity contribution in [3.8, 4) is 22.4 Å². The minimum atomic E-state index is -1.49. The summed E-state index contributed by atoms with van der Waals surface area (Å²) >= 11 is 1.35. The van der Waals surface area contributed by atoms with Gasteiger partial charge in [0.25, 0.3) is 5.54 Å². The third-order valence-corrected chi connectivity index (χ3v) is 9.18. The van der Waals surface area contributed by atoms with Gasteiger partial charge in [-0.1, -0.05) is 66.7 Å². The lowest BCUT2D eigenvalue weighted by molar-refractivity contribution is -0.573. The van der Waals surface area contributed by atoms with Crippen molar-refractivity contribution in [3.05, 3.63) is 135 Å². The summed E-state index contributed by atoms with van der Waals surface area (Å²) in [6, 6.07) is 27.0. The number of benzene rings is 3. The number of nitrogens with one attached hydrogen (secondary N) is 1. The van der Waals surface area contributed by atoms with E-state index in [-0.39, 0.29) is 23.2 Å². The summed E-state index contributed by atoms with van der Waals surface area (Å²) in [6.45, 7) is 1.85. The highest BCUT2D eigenvalue weighted by Gasteiger charge is 2.67. The second kappa shape index (κ2) is 8.93. The Kier molecular flexibility index (Phi) is 5.43. The first-order chi connectivity index (χ1) is 19.4. The molecule has 1 N–H and O–H groups in total. The average molecular weight is 545 g/mol. The van der Waals surface area contributed by atoms with Crippen molar-refractivity contribution in [2.24, 2.45) is 5.41 Å². The van der Waals surface area contributed by atoms with Crippen LogP contribution in [0.25, 0.3) is 22.4 Å². The first-order valence-electron chi connectivity index (χ1n) is 13.0. The molecule has 0 radical (unpaired) electrons. The minimum Gasteiger partial charge on any atom is -0.301 e. The van der Waals surface area contributed by atoms with Gasteiger partial charge in [0.2, 0.25) is 5.91 Å². The number of nitrogens with zero attached hydrogens (tertiary/aromatic N) is 3. The van der Waals surface area contributed by atoms with E-state index in [1.165, 1.54) is 11.3 Å². The molecule has 8 rings (SSSR count). The fourth-order valence-corrected chi connectivity index (χ4v) is 7.37. The number of thiazole rings is 1. The Hall–Kier alpha value is -4.69. The zero-order valence-corrected chi connectivity index (χ0v) is 22.4. The molecule has 3 aromatic carbocycles. The molecule has 0 saturated carbocycles. The number of anilines is 1. The average Bonchev–Trinajstić information content (AvgIpc) is 3.46. The van der Waals surface area contributed by atoms with Crippen LogP contribution in [0.5, 0.6) is 0 Å². The molecule has 0 saturated heterocycles. The molecule has 0 aliphatic heterocycles. The smallest absolute Gasteiger partial charge is 0.273 e. The fraction of sp³-hybridized carbons (Fsp3) is 0.156. The van der Waals surface area contributed by atoms with Gasteiger partial charge in [-0.2, -0.15) is 0 Å². The number of aromatic nitrogens is 2. The molecule has 5 aromatic rings. The fourth-order valence-electron chi connectivity index (χ4n) is 6.65. The van der Waals surface area contributed by atoms with Gasteiger partial charge in [-0.15, -0.1) is 11.3 Å². The van der Waals surface area contributed by atoms with Crippen LogP contribution in [0.1, 0.15) is 41.5 Å². The molecule has 2 aromatic heterocycles. The highest BCUT2D eigenvalue weighted by Crippen LogP contribution is 2.64. The van der Waals surface area contributed by atoms with E-state index in [2.05, 4.69) is 16.4 Å². The largest absolute Gasteiger partial charge is 0.301 e. The lowest BCUT2D eigenvalue weighted by Gasteiger charge is -2.52. The van der Waals surface area contributed by atoms with Gasteiger partial charge in [0.15, 0.2) is 5.13 Å². The molecule has 8 heteroatoms. The van der Waals surface area contributed by atoms with Gasteiger partial charge in [-0.25, -0.2) is 4.98 Å². The number of carbonyl (C=O) groups is 1. The predicted octanol–water partition coefficient (Wildman–Crippen LogP) is 6.89. The van der Waals surface area contributed by atoms with Crippen LogP contribution >= 0.6 is 11.3 Å². The Bertz CT molecular complexity index is 1750. The van der Waals surface area contributed by atoms with Gasteiger partial charge < -0.3 is 5.32 Å². The highest BCUT2D eigenvalue weighted by molar-refractivity contribution is 7.14. The number of hydrogen-bond acceptors (Lipinski definition) is 6. The Labute approximate surface area is 234 Å². The monoisotopic (exact) mass is 544 g/mol. The van der Waals surface area contributed by atoms with E-state index in [1.807, 2.05) is 91.2 Å². The molecule has 0 unspecified atom stereocenters. The summed E-state index contributed by atoms with van der Waals surface area (Å²) in [7, 11) is 0. The molecule has 1 amide bonds. The topological polar surface area (TPSA) is 98.0 Å². The number of amides is 1. The van der Waals surface area contributed by atoms with Crippen molar-refractivity contribution in [1.29, 1.82) is 0 Å². The van der Waals surface area contributed by atoms with Crippen LogP contribution in [-0.2, 0) is 10.3 Å². The third kappa shape index (κ3) is 3.46. The molecule has 40 heavy (non-hydrogen) atoms. The number of hydrogen-bond donors (Lipinski definition) is 1. The number of fused-ring (bicyclic) bond motifs is 1. The molecular formula is C32H24N4O3S. The maximum Gasteiger partial charge on any atom is 0.273 e. The zero-order valence-electron chi connectivity index (χ0n) is 21.6. The van der Waals surface area contributed by atoms with Crippen molar-refractivity contribution in [2.75, 3.05) is 5.32 Å². The minimum absolute atomic E-state index is 0.0732.